The molecule has 0 atom stereocenters. The van der Waals surface area contributed by atoms with Crippen LogP contribution in [0.4, 0.5) is 4.39 Å². The van der Waals surface area contributed by atoms with E-state index >= 15 is 0 Å². The molecule has 3 heterocycles. The van der Waals surface area contributed by atoms with Crippen molar-refractivity contribution in [1.29, 1.82) is 0 Å². The lowest BCUT2D eigenvalue weighted by molar-refractivity contribution is -0.121. The Bertz CT molecular complexity index is 1620. The summed E-state index contributed by atoms with van der Waals surface area (Å²) in [6.07, 6.45) is 5.10. The molecule has 0 aliphatic heterocycles. The van der Waals surface area contributed by atoms with Crippen molar-refractivity contribution >= 4 is 34.2 Å². The van der Waals surface area contributed by atoms with E-state index in [0.29, 0.717) is 25.1 Å². The number of carbonyl (C=O) groups is 2. The number of hydrogen-bond acceptors (Lipinski definition) is 7. The third-order valence-electron chi connectivity index (χ3n) is 7.24. The van der Waals surface area contributed by atoms with E-state index in [4.69, 9.17) is 4.98 Å². The molecule has 0 saturated carbocycles. The molecular formula is C33H36FN7O2S. The Morgan fingerprint density at radius 2 is 1.68 bits per heavy atom. The first-order chi connectivity index (χ1) is 21.5. The number of aromatic amines is 1. The number of pyridine rings is 1. The number of rotatable bonds is 16. The van der Waals surface area contributed by atoms with Crippen LogP contribution in [-0.4, -0.2) is 56.3 Å². The van der Waals surface area contributed by atoms with Crippen molar-refractivity contribution < 1.29 is 14.0 Å². The number of fused-ring (bicyclic) bond motifs is 1. The molecule has 3 N–H and O–H groups in total. The number of imidazole rings is 1. The van der Waals surface area contributed by atoms with E-state index in [0.717, 1.165) is 66.3 Å². The number of aromatic nitrogens is 4. The molecule has 5 aromatic rings. The van der Waals surface area contributed by atoms with Crippen LogP contribution >= 0.6 is 11.3 Å². The van der Waals surface area contributed by atoms with E-state index in [1.165, 1.54) is 29.7 Å². The van der Waals surface area contributed by atoms with Crippen LogP contribution in [0.15, 0.2) is 78.3 Å². The van der Waals surface area contributed by atoms with Gasteiger partial charge in [-0.2, -0.15) is 0 Å². The molecule has 9 nitrogen and oxygen atoms in total. The van der Waals surface area contributed by atoms with Gasteiger partial charge in [0.15, 0.2) is 0 Å². The Balaban J connectivity index is 1.11. The van der Waals surface area contributed by atoms with Crippen LogP contribution in [-0.2, 0) is 30.7 Å². The molecule has 0 saturated heterocycles. The van der Waals surface area contributed by atoms with E-state index in [-0.39, 0.29) is 24.1 Å². The Hall–Kier alpha value is -4.48. The van der Waals surface area contributed by atoms with Gasteiger partial charge in [0.25, 0.3) is 5.91 Å². The second-order valence-electron chi connectivity index (χ2n) is 10.5. The second kappa shape index (κ2) is 15.8. The van der Waals surface area contributed by atoms with Gasteiger partial charge in [0.1, 0.15) is 17.3 Å². The molecule has 0 aliphatic carbocycles. The smallest absolute Gasteiger partial charge is 0.271 e. The van der Waals surface area contributed by atoms with Crippen molar-refractivity contribution in [2.75, 3.05) is 19.6 Å². The fraction of sp³-hybridized carbons (Fsp3) is 0.303. The summed E-state index contributed by atoms with van der Waals surface area (Å²) in [5.74, 6) is 0.184. The summed E-state index contributed by atoms with van der Waals surface area (Å²) in [5.41, 5.74) is 3.56. The van der Waals surface area contributed by atoms with Crippen LogP contribution in [0.1, 0.15) is 51.8 Å². The average Bonchev–Trinajstić information content (AvgIpc) is 3.70. The fourth-order valence-corrected chi connectivity index (χ4v) is 5.58. The summed E-state index contributed by atoms with van der Waals surface area (Å²) >= 11 is 1.44. The molecule has 5 rings (SSSR count). The minimum atomic E-state index is -0.456. The highest BCUT2D eigenvalue weighted by Gasteiger charge is 2.14. The maximum atomic E-state index is 13.8. The number of H-pyrrole nitrogens is 1. The van der Waals surface area contributed by atoms with Crippen molar-refractivity contribution in [2.45, 2.75) is 45.2 Å². The van der Waals surface area contributed by atoms with E-state index in [1.807, 2.05) is 54.6 Å². The number of amides is 2. The van der Waals surface area contributed by atoms with Gasteiger partial charge in [-0.15, -0.1) is 11.3 Å². The minimum Gasteiger partial charge on any atom is -0.352 e. The van der Waals surface area contributed by atoms with Crippen LogP contribution in [0.3, 0.4) is 0 Å². The number of unbranched alkanes of at least 4 members (excludes halogenated alkanes) is 1. The number of nitrogens with one attached hydrogen (secondary N) is 3. The molecule has 0 fully saturated rings. The normalized spacial score (nSPS) is 11.2. The highest BCUT2D eigenvalue weighted by atomic mass is 32.1. The SMILES string of the molecule is O=C(CCCCN(CCc1nc2ccccc2[nH]1)CCc1nc(C(=O)NCc2ncccc2F)cs1)NCc1ccccc1. The van der Waals surface area contributed by atoms with E-state index in [2.05, 4.69) is 30.5 Å². The van der Waals surface area contributed by atoms with Gasteiger partial charge in [0.2, 0.25) is 5.91 Å². The zero-order valence-corrected chi connectivity index (χ0v) is 25.3. The molecule has 228 valence electrons. The van der Waals surface area contributed by atoms with Gasteiger partial charge in [-0.05, 0) is 49.2 Å². The van der Waals surface area contributed by atoms with Crippen LogP contribution < -0.4 is 10.6 Å². The van der Waals surface area contributed by atoms with Crippen LogP contribution in [0, 0.1) is 5.82 Å². The lowest BCUT2D eigenvalue weighted by atomic mass is 10.2. The lowest BCUT2D eigenvalue weighted by Gasteiger charge is -2.21. The number of para-hydroxylation sites is 2. The van der Waals surface area contributed by atoms with Gasteiger partial charge in [0, 0.05) is 50.5 Å². The summed E-state index contributed by atoms with van der Waals surface area (Å²) in [4.78, 5) is 43.9. The monoisotopic (exact) mass is 613 g/mol. The topological polar surface area (TPSA) is 116 Å². The number of hydrogen-bond donors (Lipinski definition) is 3. The molecule has 0 aliphatic rings. The lowest BCUT2D eigenvalue weighted by Crippen LogP contribution is -2.30. The quantitative estimate of drug-likeness (QED) is 0.134. The number of halogens is 1. The van der Waals surface area contributed by atoms with Gasteiger partial charge in [0.05, 0.1) is 28.3 Å². The predicted octanol–water partition coefficient (Wildman–Crippen LogP) is 5.06. The van der Waals surface area contributed by atoms with Crippen molar-refractivity contribution in [3.05, 3.63) is 112 Å². The summed E-state index contributed by atoms with van der Waals surface area (Å²) in [7, 11) is 0. The zero-order valence-electron chi connectivity index (χ0n) is 24.5. The Morgan fingerprint density at radius 1 is 0.864 bits per heavy atom. The van der Waals surface area contributed by atoms with Gasteiger partial charge in [-0.3, -0.25) is 14.6 Å². The van der Waals surface area contributed by atoms with Crippen molar-refractivity contribution in [2.24, 2.45) is 0 Å². The Kier molecular flexibility index (Phi) is 11.1. The van der Waals surface area contributed by atoms with E-state index < -0.39 is 5.82 Å². The summed E-state index contributed by atoms with van der Waals surface area (Å²) < 4.78 is 13.8. The maximum absolute atomic E-state index is 13.8. The fourth-order valence-electron chi connectivity index (χ4n) is 4.82. The number of nitrogens with zero attached hydrogens (tertiary/aromatic N) is 4. The predicted molar refractivity (Wildman–Crippen MR) is 170 cm³/mol. The summed E-state index contributed by atoms with van der Waals surface area (Å²) in [6.45, 7) is 2.93. The van der Waals surface area contributed by atoms with Gasteiger partial charge >= 0.3 is 0 Å². The standard InChI is InChI=1S/C33H36FN7O2S/c34-25-11-8-17-35-28(25)22-37-33(43)29-23-44-32(40-29)16-20-41(19-15-30-38-26-12-4-5-13-27(26)39-30)18-7-6-14-31(42)36-21-24-9-2-1-3-10-24/h1-5,8-13,17,23H,6-7,14-16,18-22H2,(H,36,42)(H,37,43)(H,38,39). The largest absolute Gasteiger partial charge is 0.352 e. The third kappa shape index (κ3) is 9.26. The van der Waals surface area contributed by atoms with E-state index in [1.54, 1.807) is 5.38 Å². The molecule has 0 spiro atoms. The maximum Gasteiger partial charge on any atom is 0.271 e. The molecule has 0 unspecified atom stereocenters. The molecule has 11 heteroatoms. The van der Waals surface area contributed by atoms with Crippen LogP contribution in [0.5, 0.6) is 0 Å². The molecule has 2 amide bonds. The first-order valence-corrected chi connectivity index (χ1v) is 15.7. The molecule has 0 bridgehead atoms. The number of carbonyl (C=O) groups excluding carboxylic acids is 2. The van der Waals surface area contributed by atoms with Crippen molar-refractivity contribution in [1.82, 2.24) is 35.5 Å². The highest BCUT2D eigenvalue weighted by Crippen LogP contribution is 2.14. The summed E-state index contributed by atoms with van der Waals surface area (Å²) in [5, 5.41) is 8.28. The first kappa shape index (κ1) is 31.0. The molecule has 3 aromatic heterocycles. The van der Waals surface area contributed by atoms with Gasteiger partial charge in [-0.1, -0.05) is 42.5 Å². The third-order valence-corrected chi connectivity index (χ3v) is 8.15. The summed E-state index contributed by atoms with van der Waals surface area (Å²) in [6, 6.07) is 20.7. The van der Waals surface area contributed by atoms with Crippen molar-refractivity contribution in [3.8, 4) is 0 Å². The minimum absolute atomic E-state index is 0.00177. The zero-order chi connectivity index (χ0) is 30.6. The molecule has 2 aromatic carbocycles. The molecular weight excluding hydrogens is 577 g/mol. The van der Waals surface area contributed by atoms with Gasteiger partial charge in [-0.25, -0.2) is 14.4 Å². The molecule has 44 heavy (non-hydrogen) atoms. The van der Waals surface area contributed by atoms with Gasteiger partial charge < -0.3 is 20.5 Å². The number of thiazole rings is 1. The van der Waals surface area contributed by atoms with Crippen LogP contribution in [0.25, 0.3) is 11.0 Å². The first-order valence-electron chi connectivity index (χ1n) is 14.8. The highest BCUT2D eigenvalue weighted by molar-refractivity contribution is 7.09. The van der Waals surface area contributed by atoms with Crippen LogP contribution in [0.2, 0.25) is 0 Å². The Morgan fingerprint density at radius 3 is 2.52 bits per heavy atom. The second-order valence-corrected chi connectivity index (χ2v) is 11.4. The molecule has 0 radical (unpaired) electrons. The van der Waals surface area contributed by atoms with Crippen molar-refractivity contribution in [3.63, 3.8) is 0 Å². The number of benzene rings is 2. The van der Waals surface area contributed by atoms with E-state index in [9.17, 15) is 14.0 Å². The Labute approximate surface area is 260 Å². The average molecular weight is 614 g/mol.